The molecule has 0 aliphatic heterocycles. The number of carbonyl (C=O) groups excluding carboxylic acids is 1. The Morgan fingerprint density at radius 1 is 1.37 bits per heavy atom. The summed E-state index contributed by atoms with van der Waals surface area (Å²) in [5, 5.41) is 2.45. The average molecular weight is 272 g/mol. The normalized spacial score (nSPS) is 10.5. The molecular weight excluding hydrogens is 254 g/mol. The maximum atomic E-state index is 13.6. The van der Waals surface area contributed by atoms with E-state index in [-0.39, 0.29) is 12.1 Å². The van der Waals surface area contributed by atoms with E-state index in [1.54, 1.807) is 0 Å². The molecule has 0 unspecified atom stereocenters. The zero-order valence-corrected chi connectivity index (χ0v) is 10.8. The van der Waals surface area contributed by atoms with Crippen molar-refractivity contribution >= 4 is 5.91 Å². The zero-order valence-electron chi connectivity index (χ0n) is 10.8. The summed E-state index contributed by atoms with van der Waals surface area (Å²) in [5.41, 5.74) is 4.93. The first-order valence-corrected chi connectivity index (χ1v) is 6.08. The highest BCUT2D eigenvalue weighted by Gasteiger charge is 2.18. The highest BCUT2D eigenvalue weighted by molar-refractivity contribution is 5.94. The Morgan fingerprint density at radius 3 is 2.79 bits per heavy atom. The predicted molar refractivity (Wildman–Crippen MR) is 67.9 cm³/mol. The van der Waals surface area contributed by atoms with Crippen LogP contribution in [-0.4, -0.2) is 32.2 Å². The van der Waals surface area contributed by atoms with Crippen molar-refractivity contribution in [3.63, 3.8) is 0 Å². The lowest BCUT2D eigenvalue weighted by Gasteiger charge is -2.08. The smallest absolute Gasteiger partial charge is 0.257 e. The molecule has 1 amide bonds. The largest absolute Gasteiger partial charge is 0.380 e. The predicted octanol–water partition coefficient (Wildman–Crippen LogP) is 1.37. The van der Waals surface area contributed by atoms with Gasteiger partial charge in [0.15, 0.2) is 0 Å². The third-order valence-electron chi connectivity index (χ3n) is 2.52. The Labute approximate surface area is 110 Å². The lowest BCUT2D eigenvalue weighted by molar-refractivity contribution is 0.0934. The van der Waals surface area contributed by atoms with Crippen molar-refractivity contribution in [1.29, 1.82) is 0 Å². The Morgan fingerprint density at radius 2 is 2.11 bits per heavy atom. The summed E-state index contributed by atoms with van der Waals surface area (Å²) < 4.78 is 32.2. The van der Waals surface area contributed by atoms with Gasteiger partial charge in [-0.3, -0.25) is 4.79 Å². The van der Waals surface area contributed by atoms with Gasteiger partial charge in [-0.15, -0.1) is 0 Å². The van der Waals surface area contributed by atoms with E-state index in [4.69, 9.17) is 10.5 Å². The number of nitrogens with two attached hydrogens (primary N) is 1. The number of hydrogen-bond donors (Lipinski definition) is 2. The van der Waals surface area contributed by atoms with E-state index >= 15 is 0 Å². The van der Waals surface area contributed by atoms with Crippen LogP contribution >= 0.6 is 0 Å². The highest BCUT2D eigenvalue weighted by Crippen LogP contribution is 2.15. The van der Waals surface area contributed by atoms with Crippen LogP contribution in [0.1, 0.15) is 22.3 Å². The van der Waals surface area contributed by atoms with Gasteiger partial charge in [0.05, 0.1) is 6.61 Å². The van der Waals surface area contributed by atoms with E-state index in [9.17, 15) is 13.6 Å². The quantitative estimate of drug-likeness (QED) is 0.737. The second kappa shape index (κ2) is 7.81. The van der Waals surface area contributed by atoms with Crippen LogP contribution in [0.3, 0.4) is 0 Å². The summed E-state index contributed by atoms with van der Waals surface area (Å²) in [5.74, 6) is -2.44. The molecule has 0 bridgehead atoms. The number of hydrogen-bond acceptors (Lipinski definition) is 3. The molecule has 0 atom stereocenters. The van der Waals surface area contributed by atoms with Crippen molar-refractivity contribution < 1.29 is 18.3 Å². The van der Waals surface area contributed by atoms with Gasteiger partial charge in [0.1, 0.15) is 17.2 Å². The second-order valence-corrected chi connectivity index (χ2v) is 4.06. The molecule has 0 saturated heterocycles. The molecule has 106 valence electrons. The van der Waals surface area contributed by atoms with Crippen molar-refractivity contribution in [3.05, 3.63) is 34.9 Å². The minimum Gasteiger partial charge on any atom is -0.380 e. The van der Waals surface area contributed by atoms with Crippen LogP contribution in [0.15, 0.2) is 12.1 Å². The van der Waals surface area contributed by atoms with E-state index in [0.29, 0.717) is 26.2 Å². The fourth-order valence-corrected chi connectivity index (χ4v) is 1.51. The third-order valence-corrected chi connectivity index (χ3v) is 2.52. The first-order valence-electron chi connectivity index (χ1n) is 6.08. The molecule has 0 fully saturated rings. The van der Waals surface area contributed by atoms with Gasteiger partial charge in [-0.25, -0.2) is 8.78 Å². The summed E-state index contributed by atoms with van der Waals surface area (Å²) in [6.45, 7) is 3.10. The third kappa shape index (κ3) is 4.57. The SMILES string of the molecule is Cc1ccc(F)c(C(=O)NCCCOCCN)c1F. The first kappa shape index (κ1) is 15.5. The monoisotopic (exact) mass is 272 g/mol. The average Bonchev–Trinajstić information content (AvgIpc) is 2.38. The molecule has 6 heteroatoms. The van der Waals surface area contributed by atoms with Gasteiger partial charge in [-0.2, -0.15) is 0 Å². The topological polar surface area (TPSA) is 64.3 Å². The lowest BCUT2D eigenvalue weighted by Crippen LogP contribution is -2.27. The fraction of sp³-hybridized carbons (Fsp3) is 0.462. The minimum atomic E-state index is -0.861. The van der Waals surface area contributed by atoms with E-state index < -0.39 is 23.1 Å². The summed E-state index contributed by atoms with van der Waals surface area (Å²) in [6.07, 6.45) is 0.556. The number of carbonyl (C=O) groups is 1. The lowest BCUT2D eigenvalue weighted by atomic mass is 10.1. The maximum absolute atomic E-state index is 13.6. The molecule has 3 N–H and O–H groups in total. The van der Waals surface area contributed by atoms with Crippen molar-refractivity contribution in [2.75, 3.05) is 26.3 Å². The molecule has 19 heavy (non-hydrogen) atoms. The second-order valence-electron chi connectivity index (χ2n) is 4.06. The summed E-state index contributed by atoms with van der Waals surface area (Å²) in [6, 6.07) is 2.37. The van der Waals surface area contributed by atoms with Gasteiger partial charge in [0.2, 0.25) is 0 Å². The van der Waals surface area contributed by atoms with Crippen LogP contribution < -0.4 is 11.1 Å². The van der Waals surface area contributed by atoms with Crippen LogP contribution in [0.2, 0.25) is 0 Å². The molecule has 0 spiro atoms. The Balaban J connectivity index is 2.48. The molecule has 0 heterocycles. The number of rotatable bonds is 7. The summed E-state index contributed by atoms with van der Waals surface area (Å²) in [4.78, 5) is 11.7. The van der Waals surface area contributed by atoms with E-state index in [1.807, 2.05) is 0 Å². The number of nitrogens with one attached hydrogen (secondary N) is 1. The number of aryl methyl sites for hydroxylation is 1. The fourth-order valence-electron chi connectivity index (χ4n) is 1.51. The van der Waals surface area contributed by atoms with Crippen LogP contribution in [0.4, 0.5) is 8.78 Å². The van der Waals surface area contributed by atoms with Gasteiger partial charge >= 0.3 is 0 Å². The van der Waals surface area contributed by atoms with Crippen molar-refractivity contribution in [3.8, 4) is 0 Å². The number of halogens is 2. The van der Waals surface area contributed by atoms with Crippen LogP contribution in [0.25, 0.3) is 0 Å². The molecule has 0 saturated carbocycles. The molecule has 4 nitrogen and oxygen atoms in total. The maximum Gasteiger partial charge on any atom is 0.257 e. The zero-order chi connectivity index (χ0) is 14.3. The van der Waals surface area contributed by atoms with E-state index in [0.717, 1.165) is 6.07 Å². The summed E-state index contributed by atoms with van der Waals surface area (Å²) in [7, 11) is 0. The van der Waals surface area contributed by atoms with Crippen LogP contribution in [-0.2, 0) is 4.74 Å². The van der Waals surface area contributed by atoms with Gasteiger partial charge < -0.3 is 15.8 Å². The Hall–Kier alpha value is -1.53. The van der Waals surface area contributed by atoms with Crippen molar-refractivity contribution in [2.24, 2.45) is 5.73 Å². The molecule has 0 radical (unpaired) electrons. The molecule has 0 aliphatic carbocycles. The molecule has 1 aromatic rings. The highest BCUT2D eigenvalue weighted by atomic mass is 19.1. The molecular formula is C13H18F2N2O2. The van der Waals surface area contributed by atoms with Gasteiger partial charge in [-0.05, 0) is 25.0 Å². The number of benzene rings is 1. The van der Waals surface area contributed by atoms with Gasteiger partial charge in [0, 0.05) is 19.7 Å². The van der Waals surface area contributed by atoms with Gasteiger partial charge in [-0.1, -0.05) is 6.07 Å². The van der Waals surface area contributed by atoms with E-state index in [1.165, 1.54) is 13.0 Å². The Kier molecular flexibility index (Phi) is 6.38. The molecule has 0 aromatic heterocycles. The van der Waals surface area contributed by atoms with Gasteiger partial charge in [0.25, 0.3) is 5.91 Å². The Bertz CT molecular complexity index is 439. The van der Waals surface area contributed by atoms with E-state index in [2.05, 4.69) is 5.32 Å². The molecule has 1 rings (SSSR count). The first-order chi connectivity index (χ1) is 9.07. The number of amides is 1. The molecule has 0 aliphatic rings. The van der Waals surface area contributed by atoms with Crippen molar-refractivity contribution in [2.45, 2.75) is 13.3 Å². The number of ether oxygens (including phenoxy) is 1. The van der Waals surface area contributed by atoms with Crippen LogP contribution in [0.5, 0.6) is 0 Å². The van der Waals surface area contributed by atoms with Crippen molar-refractivity contribution in [1.82, 2.24) is 5.32 Å². The minimum absolute atomic E-state index is 0.234. The summed E-state index contributed by atoms with van der Waals surface area (Å²) >= 11 is 0. The standard InChI is InChI=1S/C13H18F2N2O2/c1-9-3-4-10(14)11(12(9)15)13(18)17-6-2-7-19-8-5-16/h3-4H,2,5-8,16H2,1H3,(H,17,18). The molecule has 1 aromatic carbocycles. The van der Waals surface area contributed by atoms with Crippen LogP contribution in [0, 0.1) is 18.6 Å².